The van der Waals surface area contributed by atoms with Crippen LogP contribution in [0.4, 0.5) is 18.9 Å². The Bertz CT molecular complexity index is 1100. The number of anilines is 1. The molecular weight excluding hydrogens is 373 g/mol. The van der Waals surface area contributed by atoms with Crippen molar-refractivity contribution in [3.05, 3.63) is 63.3 Å². The highest BCUT2D eigenvalue weighted by Gasteiger charge is 2.33. The molecule has 2 heterocycles. The number of halogens is 3. The SMILES string of the molecule is CCc1cccc(-n2nnn(C)c2=O)c1/C=C/c1cc(C(F)(F)F)c(N)cn1. The van der Waals surface area contributed by atoms with Crippen molar-refractivity contribution in [2.24, 2.45) is 7.05 Å². The summed E-state index contributed by atoms with van der Waals surface area (Å²) < 4.78 is 41.4. The average Bonchev–Trinajstić information content (AvgIpc) is 2.98. The van der Waals surface area contributed by atoms with E-state index in [4.69, 9.17) is 5.73 Å². The van der Waals surface area contributed by atoms with Crippen LogP contribution in [0.15, 0.2) is 35.3 Å². The van der Waals surface area contributed by atoms with Crippen LogP contribution in [0.1, 0.15) is 29.3 Å². The van der Waals surface area contributed by atoms with E-state index in [1.54, 1.807) is 18.2 Å². The Hall–Kier alpha value is -3.43. The largest absolute Gasteiger partial charge is 0.418 e. The Morgan fingerprint density at radius 3 is 2.57 bits per heavy atom. The molecule has 0 atom stereocenters. The first-order chi connectivity index (χ1) is 13.2. The van der Waals surface area contributed by atoms with Gasteiger partial charge >= 0.3 is 11.9 Å². The van der Waals surface area contributed by atoms with Crippen molar-refractivity contribution < 1.29 is 13.2 Å². The van der Waals surface area contributed by atoms with Gasteiger partial charge in [-0.1, -0.05) is 25.1 Å². The first-order valence-electron chi connectivity index (χ1n) is 8.34. The Kier molecular flexibility index (Phi) is 5.04. The second kappa shape index (κ2) is 7.29. The molecule has 0 radical (unpaired) electrons. The van der Waals surface area contributed by atoms with Crippen molar-refractivity contribution in [3.63, 3.8) is 0 Å². The number of tetrazole rings is 1. The van der Waals surface area contributed by atoms with E-state index in [0.29, 0.717) is 17.7 Å². The molecule has 146 valence electrons. The molecule has 3 rings (SSSR count). The van der Waals surface area contributed by atoms with Crippen LogP contribution in [0, 0.1) is 0 Å². The minimum Gasteiger partial charge on any atom is -0.397 e. The van der Waals surface area contributed by atoms with Crippen LogP contribution in [0.25, 0.3) is 17.8 Å². The van der Waals surface area contributed by atoms with Crippen molar-refractivity contribution in [1.82, 2.24) is 24.8 Å². The second-order valence-corrected chi connectivity index (χ2v) is 6.03. The van der Waals surface area contributed by atoms with Crippen molar-refractivity contribution in [3.8, 4) is 5.69 Å². The number of alkyl halides is 3. The zero-order valence-corrected chi connectivity index (χ0v) is 15.1. The van der Waals surface area contributed by atoms with Crippen molar-refractivity contribution in [1.29, 1.82) is 0 Å². The van der Waals surface area contributed by atoms with Gasteiger partial charge in [0.2, 0.25) is 0 Å². The molecule has 2 aromatic heterocycles. The Morgan fingerprint density at radius 1 is 1.21 bits per heavy atom. The van der Waals surface area contributed by atoms with E-state index in [1.807, 2.05) is 13.0 Å². The van der Waals surface area contributed by atoms with Crippen LogP contribution in [-0.4, -0.2) is 24.8 Å². The predicted octanol–water partition coefficient (Wildman–Crippen LogP) is 2.69. The third-order valence-corrected chi connectivity index (χ3v) is 4.19. The molecule has 0 saturated heterocycles. The third kappa shape index (κ3) is 3.66. The molecule has 7 nitrogen and oxygen atoms in total. The lowest BCUT2D eigenvalue weighted by molar-refractivity contribution is -0.137. The number of hydrogen-bond donors (Lipinski definition) is 1. The highest BCUT2D eigenvalue weighted by Crippen LogP contribution is 2.33. The van der Waals surface area contributed by atoms with Gasteiger partial charge in [-0.3, -0.25) is 4.98 Å². The lowest BCUT2D eigenvalue weighted by atomic mass is 10.0. The fraction of sp³-hybridized carbons (Fsp3) is 0.222. The monoisotopic (exact) mass is 390 g/mol. The molecule has 0 aliphatic heterocycles. The standard InChI is InChI=1S/C18H17F3N6O/c1-3-11-5-4-6-16(27-17(28)26(2)24-25-27)13(11)8-7-12-9-14(18(19,20)21)15(22)10-23-12/h4-10H,3,22H2,1-2H3/b8-7+. The van der Waals surface area contributed by atoms with Crippen LogP contribution in [0.5, 0.6) is 0 Å². The van der Waals surface area contributed by atoms with Gasteiger partial charge in [-0.25, -0.2) is 4.79 Å². The molecule has 0 unspecified atom stereocenters. The van der Waals surface area contributed by atoms with Gasteiger partial charge in [0.1, 0.15) is 0 Å². The Labute approximate surface area is 157 Å². The molecule has 2 N–H and O–H groups in total. The van der Waals surface area contributed by atoms with Crippen LogP contribution < -0.4 is 11.4 Å². The summed E-state index contributed by atoms with van der Waals surface area (Å²) in [5.41, 5.74) is 5.65. The summed E-state index contributed by atoms with van der Waals surface area (Å²) >= 11 is 0. The normalized spacial score (nSPS) is 12.0. The number of nitrogen functional groups attached to an aromatic ring is 1. The second-order valence-electron chi connectivity index (χ2n) is 6.03. The summed E-state index contributed by atoms with van der Waals surface area (Å²) in [4.78, 5) is 16.1. The first kappa shape index (κ1) is 19.3. The smallest absolute Gasteiger partial charge is 0.397 e. The zero-order valence-electron chi connectivity index (χ0n) is 15.1. The molecule has 0 aliphatic carbocycles. The van der Waals surface area contributed by atoms with Gasteiger partial charge in [-0.15, -0.1) is 0 Å². The maximum atomic E-state index is 13.1. The summed E-state index contributed by atoms with van der Waals surface area (Å²) in [5.74, 6) is 0. The number of aromatic nitrogens is 5. The predicted molar refractivity (Wildman–Crippen MR) is 98.6 cm³/mol. The molecule has 10 heteroatoms. The highest BCUT2D eigenvalue weighted by atomic mass is 19.4. The van der Waals surface area contributed by atoms with Gasteiger partial charge in [-0.05, 0) is 40.6 Å². The molecule has 1 aromatic carbocycles. The van der Waals surface area contributed by atoms with Crippen LogP contribution in [0.3, 0.4) is 0 Å². The molecule has 0 fully saturated rings. The maximum Gasteiger partial charge on any atom is 0.418 e. The fourth-order valence-corrected chi connectivity index (χ4v) is 2.74. The number of hydrogen-bond acceptors (Lipinski definition) is 5. The van der Waals surface area contributed by atoms with E-state index in [-0.39, 0.29) is 5.69 Å². The molecular formula is C18H17F3N6O. The van der Waals surface area contributed by atoms with Gasteiger partial charge in [0.25, 0.3) is 0 Å². The van der Waals surface area contributed by atoms with Gasteiger partial charge in [-0.2, -0.15) is 22.5 Å². The van der Waals surface area contributed by atoms with Crippen molar-refractivity contribution in [2.45, 2.75) is 19.5 Å². The van der Waals surface area contributed by atoms with E-state index in [0.717, 1.165) is 27.2 Å². The number of rotatable bonds is 4. The minimum absolute atomic E-state index is 0.0878. The molecule has 0 amide bonds. The Morgan fingerprint density at radius 2 is 1.96 bits per heavy atom. The molecule has 0 saturated carbocycles. The highest BCUT2D eigenvalue weighted by molar-refractivity contribution is 5.75. The molecule has 0 bridgehead atoms. The maximum absolute atomic E-state index is 13.1. The van der Waals surface area contributed by atoms with Crippen molar-refractivity contribution >= 4 is 17.8 Å². The van der Waals surface area contributed by atoms with Crippen LogP contribution >= 0.6 is 0 Å². The summed E-state index contributed by atoms with van der Waals surface area (Å²) in [5, 5.41) is 7.53. The third-order valence-electron chi connectivity index (χ3n) is 4.19. The number of pyridine rings is 1. The minimum atomic E-state index is -4.57. The number of benzene rings is 1. The summed E-state index contributed by atoms with van der Waals surface area (Å²) in [6.45, 7) is 1.93. The Balaban J connectivity index is 2.10. The summed E-state index contributed by atoms with van der Waals surface area (Å²) in [6, 6.07) is 6.21. The van der Waals surface area contributed by atoms with Gasteiger partial charge in [0, 0.05) is 12.6 Å². The summed E-state index contributed by atoms with van der Waals surface area (Å²) in [6.07, 6.45) is 0.0882. The van der Waals surface area contributed by atoms with Gasteiger partial charge in [0.15, 0.2) is 0 Å². The molecule has 0 aliphatic rings. The van der Waals surface area contributed by atoms with E-state index in [2.05, 4.69) is 15.4 Å². The average molecular weight is 390 g/mol. The van der Waals surface area contributed by atoms with Gasteiger partial charge in [0.05, 0.1) is 28.8 Å². The van der Waals surface area contributed by atoms with Crippen molar-refractivity contribution in [2.75, 3.05) is 5.73 Å². The van der Waals surface area contributed by atoms with Gasteiger partial charge < -0.3 is 5.73 Å². The quantitative estimate of drug-likeness (QED) is 0.740. The fourth-order valence-electron chi connectivity index (χ4n) is 2.74. The number of nitrogens with two attached hydrogens (primary N) is 1. The van der Waals surface area contributed by atoms with E-state index in [1.165, 1.54) is 13.1 Å². The van der Waals surface area contributed by atoms with E-state index >= 15 is 0 Å². The summed E-state index contributed by atoms with van der Waals surface area (Å²) in [7, 11) is 1.47. The topological polar surface area (TPSA) is 91.6 Å². The molecule has 0 spiro atoms. The lowest BCUT2D eigenvalue weighted by Crippen LogP contribution is -2.22. The zero-order chi connectivity index (χ0) is 20.5. The number of aryl methyl sites for hydroxylation is 2. The lowest BCUT2D eigenvalue weighted by Gasteiger charge is -2.11. The molecule has 28 heavy (non-hydrogen) atoms. The number of nitrogens with zero attached hydrogens (tertiary/aromatic N) is 5. The van der Waals surface area contributed by atoms with E-state index < -0.39 is 23.1 Å². The van der Waals surface area contributed by atoms with Crippen LogP contribution in [0.2, 0.25) is 0 Å². The van der Waals surface area contributed by atoms with Crippen LogP contribution in [-0.2, 0) is 19.6 Å². The van der Waals surface area contributed by atoms with E-state index in [9.17, 15) is 18.0 Å². The first-order valence-corrected chi connectivity index (χ1v) is 8.34. The molecule has 3 aromatic rings.